The Morgan fingerprint density at radius 1 is 1.38 bits per heavy atom. The van der Waals surface area contributed by atoms with E-state index < -0.39 is 11.7 Å². The number of halogens is 1. The minimum atomic E-state index is -0.540. The highest BCUT2D eigenvalue weighted by molar-refractivity contribution is 6.03. The largest absolute Gasteiger partial charge is 0.307 e. The zero-order chi connectivity index (χ0) is 11.5. The summed E-state index contributed by atoms with van der Waals surface area (Å²) >= 11 is 0. The van der Waals surface area contributed by atoms with E-state index in [2.05, 4.69) is 10.4 Å². The van der Waals surface area contributed by atoms with Crippen molar-refractivity contribution in [1.29, 1.82) is 0 Å². The number of carbonyl (C=O) groups excluding carboxylic acids is 1. The lowest BCUT2D eigenvalue weighted by Crippen LogP contribution is -2.15. The van der Waals surface area contributed by atoms with Crippen LogP contribution in [0.3, 0.4) is 0 Å². The number of aromatic nitrogens is 2. The van der Waals surface area contributed by atoms with Gasteiger partial charge in [-0.1, -0.05) is 12.1 Å². The number of amides is 1. The fourth-order valence-electron chi connectivity index (χ4n) is 1.33. The molecular formula is C11H10FN3O. The normalized spacial score (nSPS) is 10.1. The molecule has 1 aromatic heterocycles. The van der Waals surface area contributed by atoms with Crippen LogP contribution in [-0.2, 0) is 7.05 Å². The number of hydrogen-bond donors (Lipinski definition) is 1. The van der Waals surface area contributed by atoms with E-state index in [1.807, 2.05) is 0 Å². The lowest BCUT2D eigenvalue weighted by Gasteiger charge is -2.05. The van der Waals surface area contributed by atoms with Crippen LogP contribution < -0.4 is 5.32 Å². The molecule has 0 unspecified atom stereocenters. The minimum Gasteiger partial charge on any atom is -0.307 e. The van der Waals surface area contributed by atoms with Gasteiger partial charge in [-0.15, -0.1) is 0 Å². The highest BCUT2D eigenvalue weighted by Gasteiger charge is 2.11. The van der Waals surface area contributed by atoms with Crippen LogP contribution in [0.25, 0.3) is 0 Å². The van der Waals surface area contributed by atoms with Crippen molar-refractivity contribution in [2.45, 2.75) is 0 Å². The Labute approximate surface area is 91.7 Å². The van der Waals surface area contributed by atoms with Gasteiger partial charge in [0.1, 0.15) is 11.6 Å². The summed E-state index contributed by atoms with van der Waals surface area (Å²) in [4.78, 5) is 11.7. The highest BCUT2D eigenvalue weighted by Crippen LogP contribution is 2.10. The first-order valence-corrected chi connectivity index (χ1v) is 4.72. The number of carbonyl (C=O) groups is 1. The third-order valence-electron chi connectivity index (χ3n) is 2.18. The number of benzene rings is 1. The van der Waals surface area contributed by atoms with Crippen LogP contribution in [0, 0.1) is 5.82 Å². The van der Waals surface area contributed by atoms with Gasteiger partial charge in [0, 0.05) is 13.1 Å². The first-order chi connectivity index (χ1) is 7.68. The van der Waals surface area contributed by atoms with Crippen LogP contribution in [0.15, 0.2) is 36.5 Å². The minimum absolute atomic E-state index is 0.0173. The van der Waals surface area contributed by atoms with Crippen molar-refractivity contribution >= 4 is 11.7 Å². The maximum Gasteiger partial charge on any atom is 0.259 e. The van der Waals surface area contributed by atoms with E-state index in [1.54, 1.807) is 25.4 Å². The molecule has 1 N–H and O–H groups in total. The summed E-state index contributed by atoms with van der Waals surface area (Å²) in [5, 5.41) is 6.46. The van der Waals surface area contributed by atoms with Gasteiger partial charge in [0.15, 0.2) is 0 Å². The van der Waals surface area contributed by atoms with E-state index >= 15 is 0 Å². The summed E-state index contributed by atoms with van der Waals surface area (Å²) in [7, 11) is 1.69. The Balaban J connectivity index is 2.22. The smallest absolute Gasteiger partial charge is 0.259 e. The predicted molar refractivity (Wildman–Crippen MR) is 57.6 cm³/mol. The molecule has 5 heteroatoms. The van der Waals surface area contributed by atoms with E-state index in [-0.39, 0.29) is 5.56 Å². The van der Waals surface area contributed by atoms with E-state index in [0.717, 1.165) is 0 Å². The zero-order valence-electron chi connectivity index (χ0n) is 8.64. The molecule has 16 heavy (non-hydrogen) atoms. The fourth-order valence-corrected chi connectivity index (χ4v) is 1.33. The first kappa shape index (κ1) is 10.4. The van der Waals surface area contributed by atoms with Crippen molar-refractivity contribution in [3.8, 4) is 0 Å². The number of nitrogens with one attached hydrogen (secondary N) is 1. The molecule has 1 heterocycles. The van der Waals surface area contributed by atoms with Gasteiger partial charge in [0.25, 0.3) is 5.91 Å². The first-order valence-electron chi connectivity index (χ1n) is 4.72. The van der Waals surface area contributed by atoms with E-state index in [1.165, 1.54) is 22.9 Å². The number of hydrogen-bond acceptors (Lipinski definition) is 2. The molecule has 82 valence electrons. The van der Waals surface area contributed by atoms with Gasteiger partial charge in [-0.25, -0.2) is 4.39 Å². The van der Waals surface area contributed by atoms with Gasteiger partial charge < -0.3 is 5.32 Å². The van der Waals surface area contributed by atoms with E-state index in [4.69, 9.17) is 0 Å². The maximum absolute atomic E-state index is 13.3. The molecule has 0 spiro atoms. The molecule has 0 radical (unpaired) electrons. The van der Waals surface area contributed by atoms with Crippen molar-refractivity contribution in [2.24, 2.45) is 7.05 Å². The molecule has 2 aromatic rings. The Bertz CT molecular complexity index is 521. The Hall–Kier alpha value is -2.17. The van der Waals surface area contributed by atoms with Crippen molar-refractivity contribution in [1.82, 2.24) is 9.78 Å². The second-order valence-corrected chi connectivity index (χ2v) is 3.27. The number of nitrogens with zero attached hydrogens (tertiary/aromatic N) is 2. The maximum atomic E-state index is 13.3. The van der Waals surface area contributed by atoms with Gasteiger partial charge >= 0.3 is 0 Å². The fraction of sp³-hybridized carbons (Fsp3) is 0.0909. The lowest BCUT2D eigenvalue weighted by atomic mass is 10.2. The Morgan fingerprint density at radius 3 is 2.75 bits per heavy atom. The van der Waals surface area contributed by atoms with Crippen LogP contribution >= 0.6 is 0 Å². The highest BCUT2D eigenvalue weighted by atomic mass is 19.1. The molecule has 0 saturated carbocycles. The van der Waals surface area contributed by atoms with Gasteiger partial charge in [-0.2, -0.15) is 5.10 Å². The summed E-state index contributed by atoms with van der Waals surface area (Å²) in [6, 6.07) is 7.47. The molecule has 0 aliphatic carbocycles. The average Bonchev–Trinajstić information content (AvgIpc) is 2.65. The number of aryl methyl sites for hydroxylation is 1. The molecule has 0 atom stereocenters. The molecule has 0 saturated heterocycles. The summed E-state index contributed by atoms with van der Waals surface area (Å²) in [6.45, 7) is 0. The molecule has 4 nitrogen and oxygen atoms in total. The summed E-state index contributed by atoms with van der Waals surface area (Å²) in [5.41, 5.74) is 0.0173. The van der Waals surface area contributed by atoms with Gasteiger partial charge in [-0.05, 0) is 12.1 Å². The standard InChI is InChI=1S/C11H10FN3O/c1-15-10(6-7-13-15)14-11(16)8-4-2-3-5-9(8)12/h2-7H,1H3,(H,14,16). The van der Waals surface area contributed by atoms with Gasteiger partial charge in [0.2, 0.25) is 0 Å². The third kappa shape index (κ3) is 1.93. The topological polar surface area (TPSA) is 46.9 Å². The Kier molecular flexibility index (Phi) is 2.68. The van der Waals surface area contributed by atoms with Crippen molar-refractivity contribution in [3.05, 3.63) is 47.9 Å². The number of anilines is 1. The quantitative estimate of drug-likeness (QED) is 0.837. The SMILES string of the molecule is Cn1nccc1NC(=O)c1ccccc1F. The summed E-state index contributed by atoms with van der Waals surface area (Å²) in [6.07, 6.45) is 1.55. The Morgan fingerprint density at radius 2 is 2.12 bits per heavy atom. The molecule has 0 aliphatic rings. The molecule has 1 aromatic carbocycles. The predicted octanol–water partition coefficient (Wildman–Crippen LogP) is 1.81. The van der Waals surface area contributed by atoms with Crippen LogP contribution in [-0.4, -0.2) is 15.7 Å². The molecule has 2 rings (SSSR count). The van der Waals surface area contributed by atoms with Crippen LogP contribution in [0.1, 0.15) is 10.4 Å². The second-order valence-electron chi connectivity index (χ2n) is 3.27. The van der Waals surface area contributed by atoms with Crippen LogP contribution in [0.4, 0.5) is 10.2 Å². The second kappa shape index (κ2) is 4.14. The van der Waals surface area contributed by atoms with Crippen molar-refractivity contribution in [2.75, 3.05) is 5.32 Å². The van der Waals surface area contributed by atoms with Crippen LogP contribution in [0.5, 0.6) is 0 Å². The van der Waals surface area contributed by atoms with Crippen molar-refractivity contribution in [3.63, 3.8) is 0 Å². The van der Waals surface area contributed by atoms with Crippen LogP contribution in [0.2, 0.25) is 0 Å². The van der Waals surface area contributed by atoms with Gasteiger partial charge in [-0.3, -0.25) is 9.48 Å². The monoisotopic (exact) mass is 219 g/mol. The molecule has 1 amide bonds. The molecule has 0 aliphatic heterocycles. The van der Waals surface area contributed by atoms with Crippen molar-refractivity contribution < 1.29 is 9.18 Å². The van der Waals surface area contributed by atoms with E-state index in [0.29, 0.717) is 5.82 Å². The summed E-state index contributed by atoms with van der Waals surface area (Å²) < 4.78 is 14.8. The number of rotatable bonds is 2. The van der Waals surface area contributed by atoms with Gasteiger partial charge in [0.05, 0.1) is 11.8 Å². The summed E-state index contributed by atoms with van der Waals surface area (Å²) in [5.74, 6) is -0.503. The lowest BCUT2D eigenvalue weighted by molar-refractivity contribution is 0.102. The zero-order valence-corrected chi connectivity index (χ0v) is 8.64. The molecule has 0 bridgehead atoms. The third-order valence-corrected chi connectivity index (χ3v) is 2.18. The van der Waals surface area contributed by atoms with E-state index in [9.17, 15) is 9.18 Å². The average molecular weight is 219 g/mol. The molecule has 0 fully saturated rings. The molecular weight excluding hydrogens is 209 g/mol.